The first-order valence-electron chi connectivity index (χ1n) is 32.3. The normalized spacial score (nSPS) is 13.7. The average Bonchev–Trinajstić information content (AvgIpc) is 3.49. The van der Waals surface area contributed by atoms with Gasteiger partial charge in [0.15, 0.2) is 6.10 Å². The first-order valence-corrected chi connectivity index (χ1v) is 32.3. The van der Waals surface area contributed by atoms with Crippen LogP contribution < -0.4 is 0 Å². The summed E-state index contributed by atoms with van der Waals surface area (Å²) in [6.45, 7) is 3.87. The molecule has 0 radical (unpaired) electrons. The van der Waals surface area contributed by atoms with Crippen LogP contribution in [-0.2, 0) is 19.1 Å². The van der Waals surface area contributed by atoms with Crippen LogP contribution in [-0.4, -0.2) is 36.4 Å². The number of ether oxygens (including phenoxy) is 2. The van der Waals surface area contributed by atoms with E-state index in [0.29, 0.717) is 12.8 Å². The second-order valence-electron chi connectivity index (χ2n) is 20.4. The number of hydrogen-bond acceptors (Lipinski definition) is 5. The molecule has 0 fully saturated rings. The summed E-state index contributed by atoms with van der Waals surface area (Å²) >= 11 is 0. The summed E-state index contributed by atoms with van der Waals surface area (Å²) in [5.41, 5.74) is 0. The Labute approximate surface area is 503 Å². The van der Waals surface area contributed by atoms with Crippen LogP contribution in [0.1, 0.15) is 232 Å². The number of unbranched alkanes of at least 4 members (excludes halogenated alkanes) is 12. The Balaban J connectivity index is 3.68. The van der Waals surface area contributed by atoms with E-state index in [9.17, 15) is 14.7 Å². The Hall–Kier alpha value is -5.78. The number of hydrogen-bond donors (Lipinski definition) is 1. The lowest BCUT2D eigenvalue weighted by molar-refractivity contribution is -0.161. The van der Waals surface area contributed by atoms with E-state index in [0.717, 1.165) is 173 Å². The second-order valence-corrected chi connectivity index (χ2v) is 20.4. The van der Waals surface area contributed by atoms with Crippen LogP contribution in [0.4, 0.5) is 0 Å². The van der Waals surface area contributed by atoms with Crippen molar-refractivity contribution in [1.29, 1.82) is 0 Å². The summed E-state index contributed by atoms with van der Waals surface area (Å²) in [6.07, 6.45) is 113. The molecule has 5 nitrogen and oxygen atoms in total. The maximum Gasteiger partial charge on any atom is 0.306 e. The van der Waals surface area contributed by atoms with Gasteiger partial charge in [0.05, 0.1) is 6.61 Å². The van der Waals surface area contributed by atoms with Gasteiger partial charge in [0, 0.05) is 12.8 Å². The Morgan fingerprint density at radius 3 is 0.732 bits per heavy atom. The Morgan fingerprint density at radius 1 is 0.280 bits per heavy atom. The third kappa shape index (κ3) is 66.7. The fourth-order valence-corrected chi connectivity index (χ4v) is 8.01. The zero-order valence-electron chi connectivity index (χ0n) is 51.9. The van der Waals surface area contributed by atoms with Crippen LogP contribution in [0.5, 0.6) is 0 Å². The van der Waals surface area contributed by atoms with E-state index in [2.05, 4.69) is 233 Å². The van der Waals surface area contributed by atoms with E-state index in [-0.39, 0.29) is 25.2 Å². The van der Waals surface area contributed by atoms with Gasteiger partial charge in [-0.05, 0) is 154 Å². The van der Waals surface area contributed by atoms with Gasteiger partial charge in [0.25, 0.3) is 0 Å². The average molecular weight is 1120 g/mol. The molecule has 0 rings (SSSR count). The van der Waals surface area contributed by atoms with Gasteiger partial charge in [-0.25, -0.2) is 0 Å². The van der Waals surface area contributed by atoms with E-state index in [1.165, 1.54) is 32.1 Å². The Kier molecular flexibility index (Phi) is 64.6. The molecule has 1 N–H and O–H groups in total. The molecule has 0 aromatic heterocycles. The Morgan fingerprint density at radius 2 is 0.488 bits per heavy atom. The molecule has 0 spiro atoms. The number of aliphatic hydroxyl groups excluding tert-OH is 1. The third-order valence-electron chi connectivity index (χ3n) is 12.8. The topological polar surface area (TPSA) is 72.8 Å². The smallest absolute Gasteiger partial charge is 0.306 e. The number of carbonyl (C=O) groups is 2. The number of aliphatic hydroxyl groups is 1. The van der Waals surface area contributed by atoms with Gasteiger partial charge >= 0.3 is 11.9 Å². The Bertz CT molecular complexity index is 1990. The van der Waals surface area contributed by atoms with Crippen molar-refractivity contribution in [3.8, 4) is 0 Å². The van der Waals surface area contributed by atoms with Crippen molar-refractivity contribution in [2.45, 2.75) is 238 Å². The minimum Gasteiger partial charge on any atom is -0.462 e. The molecule has 0 aliphatic rings. The number of esters is 2. The molecule has 1 atom stereocenters. The maximum atomic E-state index is 12.3. The summed E-state index contributed by atoms with van der Waals surface area (Å²) in [4.78, 5) is 24.6. The molecule has 454 valence electrons. The molecular formula is C77H116O5. The summed E-state index contributed by atoms with van der Waals surface area (Å²) in [6, 6.07) is 0. The van der Waals surface area contributed by atoms with Crippen LogP contribution in [0.3, 0.4) is 0 Å². The third-order valence-corrected chi connectivity index (χ3v) is 12.8. The molecule has 1 unspecified atom stereocenters. The highest BCUT2D eigenvalue weighted by Gasteiger charge is 2.16. The quantitative estimate of drug-likeness (QED) is 0.0373. The highest BCUT2D eigenvalue weighted by Crippen LogP contribution is 2.13. The van der Waals surface area contributed by atoms with E-state index < -0.39 is 6.10 Å². The van der Waals surface area contributed by atoms with E-state index in [1.54, 1.807) is 0 Å². The minimum absolute atomic E-state index is 0.0956. The zero-order chi connectivity index (χ0) is 59.1. The molecule has 5 heteroatoms. The van der Waals surface area contributed by atoms with Crippen molar-refractivity contribution in [3.63, 3.8) is 0 Å². The first-order chi connectivity index (χ1) is 40.6. The molecule has 0 saturated heterocycles. The highest BCUT2D eigenvalue weighted by molar-refractivity contribution is 5.70. The van der Waals surface area contributed by atoms with Crippen molar-refractivity contribution in [2.24, 2.45) is 0 Å². The molecule has 82 heavy (non-hydrogen) atoms. The lowest BCUT2D eigenvalue weighted by Crippen LogP contribution is -2.28. The molecule has 0 aliphatic carbocycles. The molecule has 0 aliphatic heterocycles. The van der Waals surface area contributed by atoms with E-state index in [4.69, 9.17) is 9.47 Å². The van der Waals surface area contributed by atoms with Gasteiger partial charge in [-0.2, -0.15) is 0 Å². The maximum absolute atomic E-state index is 12.3. The van der Waals surface area contributed by atoms with Crippen molar-refractivity contribution in [2.75, 3.05) is 13.2 Å². The molecule has 0 heterocycles. The van der Waals surface area contributed by atoms with Crippen LogP contribution in [0.15, 0.2) is 219 Å². The molecule has 0 aromatic carbocycles. The van der Waals surface area contributed by atoms with Gasteiger partial charge in [-0.15, -0.1) is 0 Å². The number of rotatable bonds is 56. The summed E-state index contributed by atoms with van der Waals surface area (Å²) in [7, 11) is 0. The second kappa shape index (κ2) is 69.5. The minimum atomic E-state index is -0.807. The largest absolute Gasteiger partial charge is 0.462 e. The molecule has 0 aromatic rings. The van der Waals surface area contributed by atoms with Crippen LogP contribution in [0, 0.1) is 0 Å². The summed E-state index contributed by atoms with van der Waals surface area (Å²) in [5.74, 6) is -0.642. The number of allylic oxidation sites excluding steroid dienone is 36. The van der Waals surface area contributed by atoms with E-state index >= 15 is 0 Å². The van der Waals surface area contributed by atoms with Gasteiger partial charge in [0.2, 0.25) is 0 Å². The predicted octanol–water partition coefficient (Wildman–Crippen LogP) is 22.7. The number of carbonyl (C=O) groups excluding carboxylic acids is 2. The van der Waals surface area contributed by atoms with Gasteiger partial charge in [-0.1, -0.05) is 284 Å². The van der Waals surface area contributed by atoms with Crippen LogP contribution >= 0.6 is 0 Å². The molecule has 0 amide bonds. The highest BCUT2D eigenvalue weighted by atomic mass is 16.6. The van der Waals surface area contributed by atoms with E-state index in [1.807, 2.05) is 0 Å². The molecular weight excluding hydrogens is 1000 g/mol. The van der Waals surface area contributed by atoms with Crippen LogP contribution in [0.25, 0.3) is 0 Å². The molecule has 0 bridgehead atoms. The van der Waals surface area contributed by atoms with Crippen molar-refractivity contribution < 1.29 is 24.2 Å². The SMILES string of the molecule is CC/C=C\C/C=C\C/C=C\C/C=C\C/C=C\C/C=C\C/C=C\C/C=C\C/C=C\C/C=C\CCCCCCCCC(=O)OC(CO)COC(=O)CCCCCCCC/C=C\C/C=C\C/C=C\C/C=C\C/C=C\C/C=C\C/C=C\C/C=C\CC. The van der Waals surface area contributed by atoms with Gasteiger partial charge in [-0.3, -0.25) is 9.59 Å². The lowest BCUT2D eigenvalue weighted by Gasteiger charge is -2.15. The van der Waals surface area contributed by atoms with Crippen LogP contribution in [0.2, 0.25) is 0 Å². The van der Waals surface area contributed by atoms with Gasteiger partial charge < -0.3 is 14.6 Å². The fraction of sp³-hybridized carbons (Fsp3) is 0.506. The fourth-order valence-electron chi connectivity index (χ4n) is 8.01. The van der Waals surface area contributed by atoms with Gasteiger partial charge in [0.1, 0.15) is 6.61 Å². The summed E-state index contributed by atoms with van der Waals surface area (Å²) in [5, 5.41) is 9.69. The van der Waals surface area contributed by atoms with Crippen molar-refractivity contribution >= 4 is 11.9 Å². The zero-order valence-corrected chi connectivity index (χ0v) is 51.9. The monoisotopic (exact) mass is 1120 g/mol. The predicted molar refractivity (Wildman–Crippen MR) is 361 cm³/mol. The molecule has 0 saturated carbocycles. The first kappa shape index (κ1) is 76.2. The summed E-state index contributed by atoms with van der Waals surface area (Å²) < 4.78 is 10.7. The van der Waals surface area contributed by atoms with Crippen molar-refractivity contribution in [1.82, 2.24) is 0 Å². The van der Waals surface area contributed by atoms with Crippen molar-refractivity contribution in [3.05, 3.63) is 219 Å². The lowest BCUT2D eigenvalue weighted by atomic mass is 10.1. The standard InChI is InChI=1S/C77H116O5/c1-3-5-7-9-11-13-15-17-19-21-23-25-27-29-31-33-35-36-37-38-39-40-42-44-46-48-50-52-54-56-58-60-62-64-66-68-70-72-77(80)82-75(73-78)74-81-76(79)71-69-67-65-63-61-59-57-55-53-51-49-47-45-43-41-34-32-30-28-26-24-22-20-18-16-14-12-10-8-6-4-2/h5-8,11-14,17-20,23-26,29-32,35-36,38-39,41-44,47-50,53-56,75,78H,3-4,9-10,15-16,21-22,27-28,33-34,37,40,45-46,51-52,57-74H2,1-2H3/b7-5-,8-6-,13-11-,14-12-,19-17-,20-18-,25-23-,26-24-,31-29-,32-30-,36-35-,39-38-,43-41-,44-42-,49-47-,50-48-,55-53-,56-54-.